The number of hydrogen-bond donors (Lipinski definition) is 1. The zero-order valence-electron chi connectivity index (χ0n) is 8.59. The van der Waals surface area contributed by atoms with E-state index >= 15 is 0 Å². The summed E-state index contributed by atoms with van der Waals surface area (Å²) in [5.74, 6) is 0. The van der Waals surface area contributed by atoms with Crippen LogP contribution < -0.4 is 5.73 Å². The van der Waals surface area contributed by atoms with E-state index in [2.05, 4.69) is 38.1 Å². The Bertz CT molecular complexity index is 236. The molecule has 0 aliphatic heterocycles. The van der Waals surface area contributed by atoms with Crippen molar-refractivity contribution in [2.75, 3.05) is 0 Å². The van der Waals surface area contributed by atoms with Crippen molar-refractivity contribution in [3.05, 3.63) is 35.4 Å². The predicted octanol–water partition coefficient (Wildman–Crippen LogP) is 2.66. The molecule has 0 amide bonds. The van der Waals surface area contributed by atoms with Crippen LogP contribution in [0, 0.1) is 6.92 Å². The summed E-state index contributed by atoms with van der Waals surface area (Å²) in [4.78, 5) is 0. The maximum atomic E-state index is 5.68. The SMILES string of the molecule is Cc1ccc(CCC[C@H](C)N)cc1. The van der Waals surface area contributed by atoms with Gasteiger partial charge in [-0.05, 0) is 38.7 Å². The molecular formula is C12H19N. The first-order valence-corrected chi connectivity index (χ1v) is 4.99. The Kier molecular flexibility index (Phi) is 3.97. The second-order valence-corrected chi connectivity index (χ2v) is 3.86. The fourth-order valence-corrected chi connectivity index (χ4v) is 1.38. The Morgan fingerprint density at radius 3 is 2.38 bits per heavy atom. The van der Waals surface area contributed by atoms with Crippen LogP contribution >= 0.6 is 0 Å². The van der Waals surface area contributed by atoms with Gasteiger partial charge in [-0.3, -0.25) is 0 Å². The topological polar surface area (TPSA) is 26.0 Å². The molecule has 1 aromatic rings. The summed E-state index contributed by atoms with van der Waals surface area (Å²) >= 11 is 0. The highest BCUT2D eigenvalue weighted by atomic mass is 14.6. The van der Waals surface area contributed by atoms with E-state index in [-0.39, 0.29) is 0 Å². The summed E-state index contributed by atoms with van der Waals surface area (Å²) in [7, 11) is 0. The molecule has 0 spiro atoms. The molecule has 0 unspecified atom stereocenters. The molecule has 0 aliphatic rings. The van der Waals surface area contributed by atoms with Crippen molar-refractivity contribution in [2.24, 2.45) is 5.73 Å². The second-order valence-electron chi connectivity index (χ2n) is 3.86. The van der Waals surface area contributed by atoms with Crippen molar-refractivity contribution in [1.29, 1.82) is 0 Å². The lowest BCUT2D eigenvalue weighted by atomic mass is 10.0. The maximum Gasteiger partial charge on any atom is 0.00105 e. The number of aryl methyl sites for hydroxylation is 2. The smallest absolute Gasteiger partial charge is 0.00105 e. The van der Waals surface area contributed by atoms with E-state index in [1.165, 1.54) is 17.5 Å². The molecule has 72 valence electrons. The Hall–Kier alpha value is -0.820. The second kappa shape index (κ2) is 5.03. The van der Waals surface area contributed by atoms with Gasteiger partial charge in [-0.1, -0.05) is 29.8 Å². The molecule has 2 N–H and O–H groups in total. The normalized spacial score (nSPS) is 12.8. The third-order valence-corrected chi connectivity index (χ3v) is 2.25. The lowest BCUT2D eigenvalue weighted by Crippen LogP contribution is -2.14. The Morgan fingerprint density at radius 1 is 1.23 bits per heavy atom. The van der Waals surface area contributed by atoms with Gasteiger partial charge in [0.1, 0.15) is 0 Å². The van der Waals surface area contributed by atoms with Crippen molar-refractivity contribution < 1.29 is 0 Å². The minimum Gasteiger partial charge on any atom is -0.328 e. The van der Waals surface area contributed by atoms with E-state index in [1.807, 2.05) is 0 Å². The van der Waals surface area contributed by atoms with Crippen LogP contribution in [-0.4, -0.2) is 6.04 Å². The third-order valence-electron chi connectivity index (χ3n) is 2.25. The van der Waals surface area contributed by atoms with Crippen molar-refractivity contribution in [3.8, 4) is 0 Å². The summed E-state index contributed by atoms with van der Waals surface area (Å²) < 4.78 is 0. The molecule has 0 saturated heterocycles. The molecule has 1 rings (SSSR count). The highest BCUT2D eigenvalue weighted by Crippen LogP contribution is 2.07. The monoisotopic (exact) mass is 177 g/mol. The van der Waals surface area contributed by atoms with Gasteiger partial charge in [0.05, 0.1) is 0 Å². The minimum absolute atomic E-state index is 0.338. The molecule has 1 atom stereocenters. The number of benzene rings is 1. The maximum absolute atomic E-state index is 5.68. The van der Waals surface area contributed by atoms with E-state index in [1.54, 1.807) is 0 Å². The van der Waals surface area contributed by atoms with E-state index < -0.39 is 0 Å². The van der Waals surface area contributed by atoms with Crippen LogP contribution in [0.3, 0.4) is 0 Å². The molecule has 1 nitrogen and oxygen atoms in total. The van der Waals surface area contributed by atoms with E-state index in [9.17, 15) is 0 Å². The number of rotatable bonds is 4. The van der Waals surface area contributed by atoms with Gasteiger partial charge in [0.2, 0.25) is 0 Å². The predicted molar refractivity (Wildman–Crippen MR) is 57.8 cm³/mol. The lowest BCUT2D eigenvalue weighted by Gasteiger charge is -2.04. The van der Waals surface area contributed by atoms with Crippen LogP contribution in [0.15, 0.2) is 24.3 Å². The first-order valence-electron chi connectivity index (χ1n) is 4.99. The Balaban J connectivity index is 2.33. The minimum atomic E-state index is 0.338. The summed E-state index contributed by atoms with van der Waals surface area (Å²) in [5.41, 5.74) is 8.43. The lowest BCUT2D eigenvalue weighted by molar-refractivity contribution is 0.624. The van der Waals surface area contributed by atoms with Crippen molar-refractivity contribution in [1.82, 2.24) is 0 Å². The molecule has 0 aromatic heterocycles. The zero-order valence-corrected chi connectivity index (χ0v) is 8.59. The quantitative estimate of drug-likeness (QED) is 0.751. The molecule has 1 aromatic carbocycles. The molecule has 13 heavy (non-hydrogen) atoms. The largest absolute Gasteiger partial charge is 0.328 e. The van der Waals surface area contributed by atoms with Gasteiger partial charge >= 0.3 is 0 Å². The van der Waals surface area contributed by atoms with Gasteiger partial charge in [-0.25, -0.2) is 0 Å². The number of hydrogen-bond acceptors (Lipinski definition) is 1. The standard InChI is InChI=1S/C12H19N/c1-10-6-8-12(9-7-10)5-3-4-11(2)13/h6-9,11H,3-5,13H2,1-2H3/t11-/m0/s1. The Morgan fingerprint density at radius 2 is 1.85 bits per heavy atom. The summed E-state index contributed by atoms with van der Waals surface area (Å²) in [6.45, 7) is 4.18. The summed E-state index contributed by atoms with van der Waals surface area (Å²) in [6.07, 6.45) is 3.47. The van der Waals surface area contributed by atoms with Gasteiger partial charge in [0.15, 0.2) is 0 Å². The summed E-state index contributed by atoms with van der Waals surface area (Å²) in [6, 6.07) is 9.08. The van der Waals surface area contributed by atoms with Gasteiger partial charge < -0.3 is 5.73 Å². The fraction of sp³-hybridized carbons (Fsp3) is 0.500. The summed E-state index contributed by atoms with van der Waals surface area (Å²) in [5, 5.41) is 0. The van der Waals surface area contributed by atoms with E-state index in [0.29, 0.717) is 6.04 Å². The van der Waals surface area contributed by atoms with Crippen LogP contribution in [0.1, 0.15) is 30.9 Å². The van der Waals surface area contributed by atoms with Crippen molar-refractivity contribution >= 4 is 0 Å². The third kappa shape index (κ3) is 4.09. The van der Waals surface area contributed by atoms with Crippen molar-refractivity contribution in [2.45, 2.75) is 39.2 Å². The molecular weight excluding hydrogens is 158 g/mol. The molecule has 0 radical (unpaired) electrons. The zero-order chi connectivity index (χ0) is 9.68. The average molecular weight is 177 g/mol. The van der Waals surface area contributed by atoms with E-state index in [0.717, 1.165) is 12.8 Å². The molecule has 0 heterocycles. The van der Waals surface area contributed by atoms with Crippen LogP contribution in [0.5, 0.6) is 0 Å². The fourth-order valence-electron chi connectivity index (χ4n) is 1.38. The van der Waals surface area contributed by atoms with Crippen LogP contribution in [0.4, 0.5) is 0 Å². The van der Waals surface area contributed by atoms with Gasteiger partial charge in [-0.2, -0.15) is 0 Å². The number of nitrogens with two attached hydrogens (primary N) is 1. The molecule has 1 heteroatoms. The van der Waals surface area contributed by atoms with Gasteiger partial charge in [-0.15, -0.1) is 0 Å². The molecule has 0 saturated carbocycles. The molecule has 0 fully saturated rings. The first kappa shape index (κ1) is 10.3. The average Bonchev–Trinajstić information content (AvgIpc) is 2.08. The first-order chi connectivity index (χ1) is 6.18. The molecule has 0 bridgehead atoms. The highest BCUT2D eigenvalue weighted by Gasteiger charge is 1.95. The highest BCUT2D eigenvalue weighted by molar-refractivity contribution is 5.21. The van der Waals surface area contributed by atoms with Crippen molar-refractivity contribution in [3.63, 3.8) is 0 Å². The van der Waals surface area contributed by atoms with Crippen LogP contribution in [-0.2, 0) is 6.42 Å². The van der Waals surface area contributed by atoms with Crippen LogP contribution in [0.2, 0.25) is 0 Å². The molecule has 0 aliphatic carbocycles. The van der Waals surface area contributed by atoms with E-state index in [4.69, 9.17) is 5.73 Å². The van der Waals surface area contributed by atoms with Gasteiger partial charge in [0, 0.05) is 6.04 Å². The van der Waals surface area contributed by atoms with Gasteiger partial charge in [0.25, 0.3) is 0 Å². The van der Waals surface area contributed by atoms with Crippen LogP contribution in [0.25, 0.3) is 0 Å². The Labute approximate surface area is 81.0 Å².